The summed E-state index contributed by atoms with van der Waals surface area (Å²) in [6, 6.07) is 2.35. The summed E-state index contributed by atoms with van der Waals surface area (Å²) in [6.07, 6.45) is 4.16. The van der Waals surface area contributed by atoms with Crippen molar-refractivity contribution in [1.29, 1.82) is 0 Å². The van der Waals surface area contributed by atoms with Gasteiger partial charge >= 0.3 is 0 Å². The van der Waals surface area contributed by atoms with Crippen LogP contribution in [0.1, 0.15) is 47.0 Å². The Morgan fingerprint density at radius 3 is 2.44 bits per heavy atom. The van der Waals surface area contributed by atoms with Crippen molar-refractivity contribution in [2.45, 2.75) is 65.1 Å². The van der Waals surface area contributed by atoms with Crippen LogP contribution in [0.3, 0.4) is 0 Å². The molecular weight excluding hydrogens is 196 g/mol. The van der Waals surface area contributed by atoms with Gasteiger partial charge in [0, 0.05) is 24.7 Å². The molecule has 0 aromatic heterocycles. The summed E-state index contributed by atoms with van der Waals surface area (Å²) < 4.78 is 0. The summed E-state index contributed by atoms with van der Waals surface area (Å²) in [5.74, 6) is 0.989. The number of hydrogen-bond acceptors (Lipinski definition) is 2. The first-order valence-electron chi connectivity index (χ1n) is 7.13. The monoisotopic (exact) mass is 224 g/mol. The molecule has 0 saturated carbocycles. The third-order valence-electron chi connectivity index (χ3n) is 4.81. The minimum absolute atomic E-state index is 0.729. The molecule has 0 aromatic carbocycles. The fourth-order valence-electron chi connectivity index (χ4n) is 3.50. The summed E-state index contributed by atoms with van der Waals surface area (Å²) in [7, 11) is 0. The average molecular weight is 224 g/mol. The summed E-state index contributed by atoms with van der Waals surface area (Å²) >= 11 is 0. The van der Waals surface area contributed by atoms with Gasteiger partial charge in [0.05, 0.1) is 0 Å². The van der Waals surface area contributed by atoms with Crippen molar-refractivity contribution in [3.63, 3.8) is 0 Å². The maximum atomic E-state index is 2.74. The lowest BCUT2D eigenvalue weighted by atomic mass is 9.91. The van der Waals surface area contributed by atoms with Gasteiger partial charge in [0.1, 0.15) is 0 Å². The standard InChI is InChI=1S/C14H28N2/c1-5-12(4)15-8-6-13-7-9-16(11(2)3)14(13)10-15/h11-14H,5-10H2,1-4H3. The Morgan fingerprint density at radius 2 is 1.81 bits per heavy atom. The summed E-state index contributed by atoms with van der Waals surface area (Å²) in [4.78, 5) is 5.45. The first-order valence-corrected chi connectivity index (χ1v) is 7.13. The van der Waals surface area contributed by atoms with Gasteiger partial charge < -0.3 is 0 Å². The van der Waals surface area contributed by atoms with Gasteiger partial charge in [0.2, 0.25) is 0 Å². The smallest absolute Gasteiger partial charge is 0.0255 e. The normalized spacial score (nSPS) is 34.3. The second-order valence-electron chi connectivity index (χ2n) is 5.99. The van der Waals surface area contributed by atoms with Crippen LogP contribution < -0.4 is 0 Å². The molecule has 0 radical (unpaired) electrons. The van der Waals surface area contributed by atoms with E-state index in [0.717, 1.165) is 24.0 Å². The molecule has 0 bridgehead atoms. The number of likely N-dealkylation sites (tertiary alicyclic amines) is 2. The Balaban J connectivity index is 1.99. The quantitative estimate of drug-likeness (QED) is 0.727. The molecule has 0 aromatic rings. The third-order valence-corrected chi connectivity index (χ3v) is 4.81. The maximum Gasteiger partial charge on any atom is 0.0255 e. The zero-order valence-corrected chi connectivity index (χ0v) is 11.4. The van der Waals surface area contributed by atoms with E-state index in [1.54, 1.807) is 0 Å². The lowest BCUT2D eigenvalue weighted by Gasteiger charge is -2.42. The van der Waals surface area contributed by atoms with E-state index in [9.17, 15) is 0 Å². The SMILES string of the molecule is CCC(C)N1CCC2CCN(C(C)C)C2C1. The topological polar surface area (TPSA) is 6.48 Å². The molecule has 0 amide bonds. The van der Waals surface area contributed by atoms with Crippen LogP contribution in [-0.2, 0) is 0 Å². The zero-order chi connectivity index (χ0) is 11.7. The van der Waals surface area contributed by atoms with E-state index < -0.39 is 0 Å². The summed E-state index contributed by atoms with van der Waals surface area (Å²) in [6.45, 7) is 13.4. The molecule has 2 aliphatic rings. The number of nitrogens with zero attached hydrogens (tertiary/aromatic N) is 2. The molecule has 0 spiro atoms. The van der Waals surface area contributed by atoms with Gasteiger partial charge in [-0.3, -0.25) is 9.80 Å². The van der Waals surface area contributed by atoms with Crippen molar-refractivity contribution in [2.75, 3.05) is 19.6 Å². The van der Waals surface area contributed by atoms with Gasteiger partial charge in [-0.25, -0.2) is 0 Å². The molecule has 94 valence electrons. The van der Waals surface area contributed by atoms with Gasteiger partial charge in [-0.15, -0.1) is 0 Å². The molecular formula is C14H28N2. The van der Waals surface area contributed by atoms with Crippen molar-refractivity contribution in [3.8, 4) is 0 Å². The van der Waals surface area contributed by atoms with E-state index in [1.807, 2.05) is 0 Å². The van der Waals surface area contributed by atoms with Crippen LogP contribution in [0.25, 0.3) is 0 Å². The van der Waals surface area contributed by atoms with Gasteiger partial charge in [0.15, 0.2) is 0 Å². The lowest BCUT2D eigenvalue weighted by Crippen LogP contribution is -2.52. The molecule has 2 aliphatic heterocycles. The van der Waals surface area contributed by atoms with Crippen molar-refractivity contribution in [1.82, 2.24) is 9.80 Å². The van der Waals surface area contributed by atoms with Gasteiger partial charge in [0.25, 0.3) is 0 Å². The molecule has 3 unspecified atom stereocenters. The second kappa shape index (κ2) is 5.05. The first kappa shape index (κ1) is 12.4. The molecule has 2 saturated heterocycles. The van der Waals surface area contributed by atoms with E-state index in [1.165, 1.54) is 38.9 Å². The van der Waals surface area contributed by atoms with Crippen LogP contribution in [0.5, 0.6) is 0 Å². The average Bonchev–Trinajstić information content (AvgIpc) is 2.70. The Labute approximate surface area is 101 Å². The van der Waals surface area contributed by atoms with Crippen LogP contribution in [0.15, 0.2) is 0 Å². The predicted molar refractivity (Wildman–Crippen MR) is 69.7 cm³/mol. The summed E-state index contributed by atoms with van der Waals surface area (Å²) in [5, 5.41) is 0. The Bertz CT molecular complexity index is 227. The van der Waals surface area contributed by atoms with E-state index >= 15 is 0 Å². The summed E-state index contributed by atoms with van der Waals surface area (Å²) in [5.41, 5.74) is 0. The first-order chi connectivity index (χ1) is 7.63. The van der Waals surface area contributed by atoms with Crippen molar-refractivity contribution in [2.24, 2.45) is 5.92 Å². The molecule has 2 heterocycles. The third kappa shape index (κ3) is 2.28. The van der Waals surface area contributed by atoms with Crippen LogP contribution in [-0.4, -0.2) is 47.6 Å². The van der Waals surface area contributed by atoms with Gasteiger partial charge in [-0.05, 0) is 59.0 Å². The minimum atomic E-state index is 0.729. The van der Waals surface area contributed by atoms with Crippen molar-refractivity contribution >= 4 is 0 Å². The highest BCUT2D eigenvalue weighted by Gasteiger charge is 2.39. The molecule has 0 N–H and O–H groups in total. The number of rotatable bonds is 3. The Hall–Kier alpha value is -0.0800. The fraction of sp³-hybridized carbons (Fsp3) is 1.00. The number of fused-ring (bicyclic) bond motifs is 1. The number of hydrogen-bond donors (Lipinski definition) is 0. The van der Waals surface area contributed by atoms with E-state index in [0.29, 0.717) is 0 Å². The Morgan fingerprint density at radius 1 is 1.12 bits per heavy atom. The predicted octanol–water partition coefficient (Wildman–Crippen LogP) is 2.59. The van der Waals surface area contributed by atoms with Crippen LogP contribution in [0, 0.1) is 5.92 Å². The Kier molecular flexibility index (Phi) is 3.91. The zero-order valence-electron chi connectivity index (χ0n) is 11.4. The van der Waals surface area contributed by atoms with Crippen LogP contribution in [0.4, 0.5) is 0 Å². The van der Waals surface area contributed by atoms with Crippen molar-refractivity contribution in [3.05, 3.63) is 0 Å². The molecule has 3 atom stereocenters. The van der Waals surface area contributed by atoms with Crippen LogP contribution >= 0.6 is 0 Å². The highest BCUT2D eigenvalue weighted by molar-refractivity contribution is 4.94. The fourth-order valence-corrected chi connectivity index (χ4v) is 3.50. The maximum absolute atomic E-state index is 2.74. The van der Waals surface area contributed by atoms with E-state index in [-0.39, 0.29) is 0 Å². The highest BCUT2D eigenvalue weighted by Crippen LogP contribution is 2.33. The molecule has 0 aliphatic carbocycles. The van der Waals surface area contributed by atoms with Gasteiger partial charge in [-0.2, -0.15) is 0 Å². The van der Waals surface area contributed by atoms with Crippen LogP contribution in [0.2, 0.25) is 0 Å². The lowest BCUT2D eigenvalue weighted by molar-refractivity contribution is 0.0646. The van der Waals surface area contributed by atoms with Gasteiger partial charge in [-0.1, -0.05) is 6.92 Å². The van der Waals surface area contributed by atoms with Crippen molar-refractivity contribution < 1.29 is 0 Å². The second-order valence-corrected chi connectivity index (χ2v) is 5.99. The van der Waals surface area contributed by atoms with E-state index in [2.05, 4.69) is 37.5 Å². The molecule has 2 fully saturated rings. The largest absolute Gasteiger partial charge is 0.299 e. The molecule has 2 nitrogen and oxygen atoms in total. The molecule has 2 heteroatoms. The van der Waals surface area contributed by atoms with E-state index in [4.69, 9.17) is 0 Å². The number of piperidine rings is 1. The minimum Gasteiger partial charge on any atom is -0.299 e. The molecule has 16 heavy (non-hydrogen) atoms. The molecule has 2 rings (SSSR count). The highest BCUT2D eigenvalue weighted by atomic mass is 15.3.